The van der Waals surface area contributed by atoms with Crippen LogP contribution in [0.3, 0.4) is 0 Å². The number of aromatic nitrogens is 3. The summed E-state index contributed by atoms with van der Waals surface area (Å²) in [7, 11) is 1.49. The Morgan fingerprint density at radius 3 is 2.73 bits per heavy atom. The van der Waals surface area contributed by atoms with Crippen LogP contribution < -0.4 is 15.5 Å². The molecule has 2 atom stereocenters. The molecule has 10 heteroatoms. The van der Waals surface area contributed by atoms with Gasteiger partial charge >= 0.3 is 0 Å². The van der Waals surface area contributed by atoms with Crippen LogP contribution in [0.15, 0.2) is 79.3 Å². The predicted octanol–water partition coefficient (Wildman–Crippen LogP) is 4.99. The second-order valence-electron chi connectivity index (χ2n) is 8.61. The van der Waals surface area contributed by atoms with Crippen LogP contribution in [-0.4, -0.2) is 39.3 Å². The topological polar surface area (TPSA) is 84.3 Å². The van der Waals surface area contributed by atoms with E-state index in [9.17, 15) is 4.79 Å². The molecule has 0 bridgehead atoms. The number of hydrogen-bond acceptors (Lipinski definition) is 5. The number of nitrogens with zero attached hydrogens (tertiary/aromatic N) is 4. The number of benzene rings is 1. The number of rotatable bonds is 7. The van der Waals surface area contributed by atoms with Crippen LogP contribution in [-0.2, 0) is 9.53 Å². The molecule has 1 aliphatic heterocycles. The number of thiocarbonyl (C=S) groups is 1. The van der Waals surface area contributed by atoms with Gasteiger partial charge in [0.15, 0.2) is 5.11 Å². The normalized spacial score (nSPS) is 17.1. The van der Waals surface area contributed by atoms with Gasteiger partial charge in [0, 0.05) is 42.8 Å². The number of anilines is 2. The van der Waals surface area contributed by atoms with Crippen LogP contribution in [0.5, 0.6) is 0 Å². The Morgan fingerprint density at radius 2 is 2.03 bits per heavy atom. The molecule has 1 aromatic carbocycles. The molecule has 1 fully saturated rings. The van der Waals surface area contributed by atoms with Crippen LogP contribution in [0.2, 0.25) is 5.02 Å². The number of methoxy groups -OCH3 is 1. The first-order valence-corrected chi connectivity index (χ1v) is 12.4. The van der Waals surface area contributed by atoms with E-state index in [2.05, 4.69) is 31.6 Å². The van der Waals surface area contributed by atoms with Gasteiger partial charge in [-0.15, -0.1) is 0 Å². The smallest absolute Gasteiger partial charge is 0.250 e. The molecule has 2 N–H and O–H groups in total. The Balaban J connectivity index is 1.58. The average Bonchev–Trinajstić information content (AvgIpc) is 3.51. The molecule has 0 spiro atoms. The van der Waals surface area contributed by atoms with E-state index in [-0.39, 0.29) is 24.6 Å². The molecule has 4 heterocycles. The Morgan fingerprint density at radius 1 is 1.16 bits per heavy atom. The number of halogens is 1. The molecule has 0 aliphatic carbocycles. The van der Waals surface area contributed by atoms with Crippen molar-refractivity contribution in [3.05, 3.63) is 101 Å². The van der Waals surface area contributed by atoms with E-state index in [0.717, 1.165) is 34.1 Å². The van der Waals surface area contributed by atoms with Gasteiger partial charge in [-0.25, -0.2) is 4.98 Å². The second-order valence-corrected chi connectivity index (χ2v) is 9.44. The predicted molar refractivity (Wildman–Crippen MR) is 148 cm³/mol. The van der Waals surface area contributed by atoms with Crippen molar-refractivity contribution in [2.24, 2.45) is 0 Å². The molecule has 188 valence electrons. The lowest BCUT2D eigenvalue weighted by molar-refractivity contribution is -0.119. The molecule has 8 nitrogen and oxygen atoms in total. The third-order valence-corrected chi connectivity index (χ3v) is 6.72. The summed E-state index contributed by atoms with van der Waals surface area (Å²) in [5.41, 5.74) is 4.36. The van der Waals surface area contributed by atoms with Crippen molar-refractivity contribution in [3.63, 3.8) is 0 Å². The summed E-state index contributed by atoms with van der Waals surface area (Å²) in [6.07, 6.45) is 5.38. The van der Waals surface area contributed by atoms with Gasteiger partial charge in [0.2, 0.25) is 5.91 Å². The third-order valence-electron chi connectivity index (χ3n) is 6.18. The van der Waals surface area contributed by atoms with E-state index >= 15 is 0 Å². The highest BCUT2D eigenvalue weighted by atomic mass is 35.5. The first-order valence-electron chi connectivity index (χ1n) is 11.7. The summed E-state index contributed by atoms with van der Waals surface area (Å²) < 4.78 is 6.97. The maximum atomic E-state index is 12.1. The van der Waals surface area contributed by atoms with E-state index in [0.29, 0.717) is 10.1 Å². The lowest BCUT2D eigenvalue weighted by Gasteiger charge is -2.29. The Labute approximate surface area is 225 Å². The number of amides is 1. The molecule has 1 aliphatic rings. The molecular weight excluding hydrogens is 508 g/mol. The lowest BCUT2D eigenvalue weighted by Crippen LogP contribution is -2.30. The monoisotopic (exact) mass is 532 g/mol. The van der Waals surface area contributed by atoms with E-state index in [1.54, 1.807) is 12.4 Å². The summed E-state index contributed by atoms with van der Waals surface area (Å²) in [4.78, 5) is 23.3. The summed E-state index contributed by atoms with van der Waals surface area (Å²) in [6.45, 7) is 1.94. The van der Waals surface area contributed by atoms with Gasteiger partial charge < -0.3 is 24.8 Å². The van der Waals surface area contributed by atoms with Gasteiger partial charge in [-0.2, -0.15) is 0 Å². The number of aryl methyl sites for hydroxylation is 1. The standard InChI is InChI=1S/C27H25ClN6O2S/c1-17-14-19(9-10-20(17)31-24(35)16-36-2)34-26(25(32-27(34)37)21-6-3-4-12-29-21)22-7-5-13-33(22)23-11-8-18(28)15-30-23/h3-15,25-26H,16H2,1-2H3,(H,31,35)(H,32,37)/t25-,26-/m0/s1. The van der Waals surface area contributed by atoms with E-state index in [1.807, 2.05) is 72.3 Å². The van der Waals surface area contributed by atoms with Crippen LogP contribution in [0.1, 0.15) is 29.0 Å². The second kappa shape index (κ2) is 10.7. The van der Waals surface area contributed by atoms with Crippen molar-refractivity contribution in [1.82, 2.24) is 19.9 Å². The van der Waals surface area contributed by atoms with Gasteiger partial charge in [0.05, 0.1) is 16.8 Å². The molecule has 0 saturated carbocycles. The zero-order chi connectivity index (χ0) is 25.9. The number of pyridine rings is 2. The highest BCUT2D eigenvalue weighted by Crippen LogP contribution is 2.42. The molecule has 1 saturated heterocycles. The maximum Gasteiger partial charge on any atom is 0.250 e. The zero-order valence-electron chi connectivity index (χ0n) is 20.3. The zero-order valence-corrected chi connectivity index (χ0v) is 21.8. The fraction of sp³-hybridized carbons (Fsp3) is 0.185. The fourth-order valence-electron chi connectivity index (χ4n) is 4.54. The third kappa shape index (κ3) is 5.06. The minimum atomic E-state index is -0.233. The van der Waals surface area contributed by atoms with Crippen LogP contribution in [0.25, 0.3) is 5.82 Å². The molecular formula is C27H25ClN6O2S. The van der Waals surface area contributed by atoms with Crippen molar-refractivity contribution in [3.8, 4) is 5.82 Å². The van der Waals surface area contributed by atoms with Crippen molar-refractivity contribution in [1.29, 1.82) is 0 Å². The number of carbonyl (C=O) groups is 1. The summed E-state index contributed by atoms with van der Waals surface area (Å²) in [5.74, 6) is 0.535. The van der Waals surface area contributed by atoms with Crippen molar-refractivity contribution < 1.29 is 9.53 Å². The molecule has 0 unspecified atom stereocenters. The minimum Gasteiger partial charge on any atom is -0.375 e. The first kappa shape index (κ1) is 24.9. The largest absolute Gasteiger partial charge is 0.375 e. The highest BCUT2D eigenvalue weighted by Gasteiger charge is 2.42. The minimum absolute atomic E-state index is 0.00905. The Kier molecular flexibility index (Phi) is 7.18. The SMILES string of the molecule is COCC(=O)Nc1ccc(N2C(=S)N[C@@H](c3ccccn3)[C@@H]2c2cccn2-c2ccc(Cl)cn2)cc1C. The van der Waals surface area contributed by atoms with Crippen LogP contribution in [0.4, 0.5) is 11.4 Å². The molecule has 0 radical (unpaired) electrons. The van der Waals surface area contributed by atoms with Gasteiger partial charge in [0.25, 0.3) is 0 Å². The quantitative estimate of drug-likeness (QED) is 0.324. The molecule has 5 rings (SSSR count). The van der Waals surface area contributed by atoms with Crippen molar-refractivity contribution in [2.45, 2.75) is 19.0 Å². The Hall–Kier alpha value is -3.79. The number of hydrogen-bond donors (Lipinski definition) is 2. The lowest BCUT2D eigenvalue weighted by atomic mass is 10.0. The van der Waals surface area contributed by atoms with Gasteiger partial charge in [-0.1, -0.05) is 17.7 Å². The summed E-state index contributed by atoms with van der Waals surface area (Å²) in [5, 5.41) is 7.51. The van der Waals surface area contributed by atoms with Gasteiger partial charge in [-0.05, 0) is 79.3 Å². The van der Waals surface area contributed by atoms with Gasteiger partial charge in [-0.3, -0.25) is 9.78 Å². The van der Waals surface area contributed by atoms with Gasteiger partial charge in [0.1, 0.15) is 18.5 Å². The van der Waals surface area contributed by atoms with E-state index < -0.39 is 0 Å². The average molecular weight is 533 g/mol. The molecule has 4 aromatic rings. The van der Waals surface area contributed by atoms with Crippen LogP contribution in [0, 0.1) is 6.92 Å². The van der Waals surface area contributed by atoms with Crippen LogP contribution >= 0.6 is 23.8 Å². The maximum absolute atomic E-state index is 12.1. The highest BCUT2D eigenvalue weighted by molar-refractivity contribution is 7.80. The molecule has 3 aromatic heterocycles. The number of ether oxygens (including phenoxy) is 1. The molecule has 37 heavy (non-hydrogen) atoms. The number of nitrogens with one attached hydrogen (secondary N) is 2. The molecule has 1 amide bonds. The van der Waals surface area contributed by atoms with Crippen molar-refractivity contribution in [2.75, 3.05) is 23.9 Å². The van der Waals surface area contributed by atoms with Crippen molar-refractivity contribution >= 4 is 46.2 Å². The van der Waals surface area contributed by atoms with E-state index in [4.69, 9.17) is 28.6 Å². The first-order chi connectivity index (χ1) is 18.0. The van der Waals surface area contributed by atoms with E-state index in [1.165, 1.54) is 7.11 Å². The fourth-order valence-corrected chi connectivity index (χ4v) is 5.00. The number of carbonyl (C=O) groups excluding carboxylic acids is 1. The summed E-state index contributed by atoms with van der Waals surface area (Å²) in [6, 6.07) is 19.0. The Bertz CT molecular complexity index is 1430. The summed E-state index contributed by atoms with van der Waals surface area (Å²) >= 11 is 12.0.